The Kier molecular flexibility index (Phi) is 7.54. The Balaban J connectivity index is 2.64. The van der Waals surface area contributed by atoms with Crippen LogP contribution in [0.2, 0.25) is 0 Å². The van der Waals surface area contributed by atoms with Gasteiger partial charge in [-0.3, -0.25) is 14.4 Å². The van der Waals surface area contributed by atoms with Crippen LogP contribution < -0.4 is 10.6 Å². The second kappa shape index (κ2) is 9.15. The summed E-state index contributed by atoms with van der Waals surface area (Å²) >= 11 is 0. The maximum absolute atomic E-state index is 13.1. The van der Waals surface area contributed by atoms with E-state index in [-0.39, 0.29) is 31.2 Å². The molecule has 0 fully saturated rings. The molecule has 0 heterocycles. The highest BCUT2D eigenvalue weighted by atomic mass is 19.1. The van der Waals surface area contributed by atoms with Gasteiger partial charge in [-0.2, -0.15) is 0 Å². The third-order valence-electron chi connectivity index (χ3n) is 3.52. The highest BCUT2D eigenvalue weighted by Crippen LogP contribution is 2.18. The molecule has 0 saturated carbocycles. The van der Waals surface area contributed by atoms with E-state index in [1.807, 2.05) is 0 Å². The predicted molar refractivity (Wildman–Crippen MR) is 91.0 cm³/mol. The predicted octanol–water partition coefficient (Wildman–Crippen LogP) is 2.10. The fraction of sp³-hybridized carbons (Fsp3) is 0.500. The summed E-state index contributed by atoms with van der Waals surface area (Å²) < 4.78 is 17.7. The number of nitrogens with one attached hydrogen (secondary N) is 2. The number of halogens is 1. The molecule has 0 spiro atoms. The third kappa shape index (κ3) is 7.32. The van der Waals surface area contributed by atoms with Crippen LogP contribution >= 0.6 is 0 Å². The maximum atomic E-state index is 13.1. The molecule has 0 radical (unpaired) electrons. The molecule has 0 bridgehead atoms. The molecule has 1 aromatic carbocycles. The molecule has 6 nitrogen and oxygen atoms in total. The largest absolute Gasteiger partial charge is 0.469 e. The van der Waals surface area contributed by atoms with Crippen molar-refractivity contribution in [1.29, 1.82) is 0 Å². The first kappa shape index (κ1) is 20.6. The van der Waals surface area contributed by atoms with Gasteiger partial charge in [0.15, 0.2) is 0 Å². The van der Waals surface area contributed by atoms with Crippen LogP contribution in [0.15, 0.2) is 24.3 Å². The first-order valence-electron chi connectivity index (χ1n) is 8.03. The zero-order valence-electron chi connectivity index (χ0n) is 15.0. The van der Waals surface area contributed by atoms with E-state index in [4.69, 9.17) is 0 Å². The van der Waals surface area contributed by atoms with Crippen molar-refractivity contribution >= 4 is 17.8 Å². The van der Waals surface area contributed by atoms with E-state index in [0.717, 1.165) is 0 Å². The normalized spacial score (nSPS) is 12.2. The molecule has 0 aliphatic carbocycles. The molecule has 0 aromatic heterocycles. The molecule has 2 N–H and O–H groups in total. The Morgan fingerprint density at radius 1 is 1.16 bits per heavy atom. The number of methoxy groups -OCH3 is 1. The minimum Gasteiger partial charge on any atom is -0.469 e. The van der Waals surface area contributed by atoms with Crippen molar-refractivity contribution < 1.29 is 23.5 Å². The number of hydrogen-bond acceptors (Lipinski definition) is 4. The van der Waals surface area contributed by atoms with Crippen molar-refractivity contribution in [2.24, 2.45) is 5.41 Å². The van der Waals surface area contributed by atoms with Gasteiger partial charge < -0.3 is 15.4 Å². The highest BCUT2D eigenvalue weighted by Gasteiger charge is 2.22. The van der Waals surface area contributed by atoms with Crippen molar-refractivity contribution in [2.45, 2.75) is 39.7 Å². The van der Waals surface area contributed by atoms with Gasteiger partial charge in [0.25, 0.3) is 0 Å². The Bertz CT molecular complexity index is 608. The quantitative estimate of drug-likeness (QED) is 0.736. The number of carbonyl (C=O) groups is 3. The van der Waals surface area contributed by atoms with E-state index < -0.39 is 23.2 Å². The van der Waals surface area contributed by atoms with E-state index in [1.54, 1.807) is 20.8 Å². The molecule has 25 heavy (non-hydrogen) atoms. The van der Waals surface area contributed by atoms with Crippen LogP contribution in [0, 0.1) is 11.2 Å². The minimum atomic E-state index is -0.626. The maximum Gasteiger partial charge on any atom is 0.307 e. The van der Waals surface area contributed by atoms with Crippen molar-refractivity contribution in [3.63, 3.8) is 0 Å². The van der Waals surface area contributed by atoms with Crippen LogP contribution in [-0.2, 0) is 19.1 Å². The zero-order valence-corrected chi connectivity index (χ0v) is 15.0. The average Bonchev–Trinajstić information content (AvgIpc) is 2.53. The summed E-state index contributed by atoms with van der Waals surface area (Å²) in [5.74, 6) is -1.37. The van der Waals surface area contributed by atoms with Crippen molar-refractivity contribution in [1.82, 2.24) is 10.6 Å². The average molecular weight is 352 g/mol. The lowest BCUT2D eigenvalue weighted by Gasteiger charge is -2.20. The van der Waals surface area contributed by atoms with Gasteiger partial charge in [-0.15, -0.1) is 0 Å². The minimum absolute atomic E-state index is 0.0672. The van der Waals surface area contributed by atoms with Crippen LogP contribution in [0.5, 0.6) is 0 Å². The Hall–Kier alpha value is -2.44. The van der Waals surface area contributed by atoms with Crippen LogP contribution in [0.25, 0.3) is 0 Å². The summed E-state index contributed by atoms with van der Waals surface area (Å²) in [4.78, 5) is 35.4. The van der Waals surface area contributed by atoms with Gasteiger partial charge in [-0.1, -0.05) is 32.9 Å². The third-order valence-corrected chi connectivity index (χ3v) is 3.52. The van der Waals surface area contributed by atoms with Crippen molar-refractivity contribution in [3.8, 4) is 0 Å². The van der Waals surface area contributed by atoms with E-state index in [0.29, 0.717) is 5.56 Å². The van der Waals surface area contributed by atoms with Gasteiger partial charge in [0.2, 0.25) is 11.8 Å². The summed E-state index contributed by atoms with van der Waals surface area (Å²) in [5, 5.41) is 5.40. The van der Waals surface area contributed by atoms with Crippen molar-refractivity contribution in [2.75, 3.05) is 13.7 Å². The molecular weight excluding hydrogens is 327 g/mol. The molecule has 0 saturated heterocycles. The second-order valence-corrected chi connectivity index (χ2v) is 6.71. The standard InChI is InChI=1S/C18H25FN2O4/c1-18(2,3)17(24)20-10-9-15(22)21-14(11-16(23)25-4)12-5-7-13(19)8-6-12/h5-8,14H,9-11H2,1-4H3,(H,20,24)(H,21,22). The molecular formula is C18H25FN2O4. The van der Waals surface area contributed by atoms with E-state index >= 15 is 0 Å². The number of ether oxygens (including phenoxy) is 1. The molecule has 0 aliphatic rings. The SMILES string of the molecule is COC(=O)CC(NC(=O)CCNC(=O)C(C)(C)C)c1ccc(F)cc1. The van der Waals surface area contributed by atoms with Gasteiger partial charge in [-0.05, 0) is 17.7 Å². The molecule has 1 atom stereocenters. The molecule has 0 aliphatic heterocycles. The van der Waals surface area contributed by atoms with E-state index in [1.165, 1.54) is 31.4 Å². The number of carbonyl (C=O) groups excluding carboxylic acids is 3. The molecule has 7 heteroatoms. The van der Waals surface area contributed by atoms with Gasteiger partial charge in [0.05, 0.1) is 19.6 Å². The molecule has 138 valence electrons. The number of benzene rings is 1. The topological polar surface area (TPSA) is 84.5 Å². The molecule has 1 unspecified atom stereocenters. The first-order valence-corrected chi connectivity index (χ1v) is 8.03. The lowest BCUT2D eigenvalue weighted by atomic mass is 9.96. The molecule has 1 aromatic rings. The van der Waals surface area contributed by atoms with E-state index in [9.17, 15) is 18.8 Å². The summed E-state index contributed by atoms with van der Waals surface area (Å²) in [6.07, 6.45) is 0.00289. The molecule has 1 rings (SSSR count). The fourth-order valence-corrected chi connectivity index (χ4v) is 2.02. The van der Waals surface area contributed by atoms with Crippen LogP contribution in [-0.4, -0.2) is 31.4 Å². The summed E-state index contributed by atoms with van der Waals surface area (Å²) in [7, 11) is 1.26. The second-order valence-electron chi connectivity index (χ2n) is 6.71. The summed E-state index contributed by atoms with van der Waals surface area (Å²) in [6, 6.07) is 4.90. The number of rotatable bonds is 7. The van der Waals surface area contributed by atoms with Crippen molar-refractivity contribution in [3.05, 3.63) is 35.6 Å². The Morgan fingerprint density at radius 3 is 2.28 bits per heavy atom. The number of esters is 1. The van der Waals surface area contributed by atoms with E-state index in [2.05, 4.69) is 15.4 Å². The summed E-state index contributed by atoms with van der Waals surface area (Å²) in [5.41, 5.74) is 0.0664. The van der Waals surface area contributed by atoms with Crippen LogP contribution in [0.1, 0.15) is 45.2 Å². The number of hydrogen-bond donors (Lipinski definition) is 2. The fourth-order valence-electron chi connectivity index (χ4n) is 2.02. The number of amides is 2. The lowest BCUT2D eigenvalue weighted by Crippen LogP contribution is -2.38. The van der Waals surface area contributed by atoms with Crippen LogP contribution in [0.4, 0.5) is 4.39 Å². The van der Waals surface area contributed by atoms with Gasteiger partial charge >= 0.3 is 5.97 Å². The Labute approximate surface area is 147 Å². The van der Waals surface area contributed by atoms with Gasteiger partial charge in [0, 0.05) is 18.4 Å². The zero-order chi connectivity index (χ0) is 19.0. The first-order chi connectivity index (χ1) is 11.6. The Morgan fingerprint density at radius 2 is 1.76 bits per heavy atom. The highest BCUT2D eigenvalue weighted by molar-refractivity contribution is 5.82. The van der Waals surface area contributed by atoms with Crippen LogP contribution in [0.3, 0.4) is 0 Å². The van der Waals surface area contributed by atoms with Gasteiger partial charge in [-0.25, -0.2) is 4.39 Å². The summed E-state index contributed by atoms with van der Waals surface area (Å²) in [6.45, 7) is 5.53. The smallest absolute Gasteiger partial charge is 0.307 e. The van der Waals surface area contributed by atoms with Gasteiger partial charge in [0.1, 0.15) is 5.82 Å². The monoisotopic (exact) mass is 352 g/mol. The lowest BCUT2D eigenvalue weighted by molar-refractivity contribution is -0.141. The molecule has 2 amide bonds.